The van der Waals surface area contributed by atoms with Crippen molar-refractivity contribution in [1.29, 1.82) is 0 Å². The molecular weight excluding hydrogens is 465 g/mol. The summed E-state index contributed by atoms with van der Waals surface area (Å²) in [5, 5.41) is 7.14. The Labute approximate surface area is 179 Å². The summed E-state index contributed by atoms with van der Waals surface area (Å²) in [6.45, 7) is 1.45. The van der Waals surface area contributed by atoms with Gasteiger partial charge in [0.25, 0.3) is 15.9 Å². The molecule has 0 fully saturated rings. The minimum absolute atomic E-state index is 0.149. The number of aromatic nitrogens is 3. The number of sulfonamides is 1. The van der Waals surface area contributed by atoms with Crippen LogP contribution in [0.15, 0.2) is 35.2 Å². The Balaban J connectivity index is 1.95. The highest BCUT2D eigenvalue weighted by Gasteiger charge is 2.27. The molecule has 0 aliphatic heterocycles. The molecule has 0 aliphatic rings. The molecule has 0 atom stereocenters. The number of benzene rings is 2. The van der Waals surface area contributed by atoms with Gasteiger partial charge < -0.3 is 4.74 Å². The summed E-state index contributed by atoms with van der Waals surface area (Å²) in [6, 6.07) is 5.55. The number of nitrogens with zero attached hydrogens (tertiary/aromatic N) is 3. The van der Waals surface area contributed by atoms with Crippen LogP contribution in [-0.2, 0) is 10.0 Å². The van der Waals surface area contributed by atoms with Gasteiger partial charge in [0.2, 0.25) is 0 Å². The third-order valence-corrected chi connectivity index (χ3v) is 5.94. The Hall–Kier alpha value is -2.76. The van der Waals surface area contributed by atoms with E-state index in [1.807, 2.05) is 0 Å². The van der Waals surface area contributed by atoms with Gasteiger partial charge in [-0.15, -0.1) is 5.10 Å². The molecule has 13 heteroatoms. The Bertz CT molecular complexity index is 1260. The van der Waals surface area contributed by atoms with Crippen LogP contribution in [0.25, 0.3) is 5.69 Å². The lowest BCUT2D eigenvalue weighted by atomic mass is 10.2. The second kappa shape index (κ2) is 8.17. The molecule has 0 unspecified atom stereocenters. The number of halogens is 4. The third-order valence-electron chi connectivity index (χ3n) is 3.98. The lowest BCUT2D eigenvalue weighted by Crippen LogP contribution is -2.32. The largest absolute Gasteiger partial charge is 0.497 e. The topological polar surface area (TPSA) is 103 Å². The number of hydrogen-bond donors (Lipinski definition) is 1. The van der Waals surface area contributed by atoms with E-state index in [1.54, 1.807) is 22.9 Å². The van der Waals surface area contributed by atoms with E-state index < -0.39 is 37.5 Å². The Morgan fingerprint density at radius 1 is 1.13 bits per heavy atom. The van der Waals surface area contributed by atoms with Gasteiger partial charge in [-0.25, -0.2) is 26.6 Å². The first-order valence-electron chi connectivity index (χ1n) is 8.03. The van der Waals surface area contributed by atoms with E-state index in [-0.39, 0.29) is 16.4 Å². The fraction of sp³-hybridized carbons (Fsp3) is 0.118. The molecule has 2 aromatic carbocycles. The van der Waals surface area contributed by atoms with Gasteiger partial charge in [0.05, 0.1) is 28.5 Å². The van der Waals surface area contributed by atoms with Gasteiger partial charge in [0.1, 0.15) is 22.3 Å². The summed E-state index contributed by atoms with van der Waals surface area (Å²) >= 11 is 11.7. The third kappa shape index (κ3) is 4.09. The molecule has 8 nitrogen and oxygen atoms in total. The van der Waals surface area contributed by atoms with Crippen molar-refractivity contribution in [3.63, 3.8) is 0 Å². The van der Waals surface area contributed by atoms with E-state index in [2.05, 4.69) is 10.3 Å². The SMILES string of the molecule is COc1ccc(Cl)c(-n2nnc(C(=O)NS(=O)(=O)c3cc(Cl)c(F)cc3F)c2C)c1. The molecular formula is C17H12Cl2F2N4O4S. The average Bonchev–Trinajstić information content (AvgIpc) is 3.06. The predicted molar refractivity (Wildman–Crippen MR) is 104 cm³/mol. The molecule has 0 spiro atoms. The van der Waals surface area contributed by atoms with Crippen molar-refractivity contribution >= 4 is 39.1 Å². The molecule has 3 rings (SSSR count). The number of methoxy groups -OCH3 is 1. The number of carbonyl (C=O) groups is 1. The monoisotopic (exact) mass is 476 g/mol. The summed E-state index contributed by atoms with van der Waals surface area (Å²) in [7, 11) is -3.27. The molecule has 1 aromatic heterocycles. The van der Waals surface area contributed by atoms with E-state index in [0.717, 1.165) is 0 Å². The highest BCUT2D eigenvalue weighted by Crippen LogP contribution is 2.27. The lowest BCUT2D eigenvalue weighted by molar-refractivity contribution is 0.0976. The van der Waals surface area contributed by atoms with E-state index in [9.17, 15) is 22.0 Å². The average molecular weight is 477 g/mol. The molecule has 30 heavy (non-hydrogen) atoms. The smallest absolute Gasteiger partial charge is 0.287 e. The molecule has 0 saturated carbocycles. The molecule has 0 bridgehead atoms. The van der Waals surface area contributed by atoms with Crippen LogP contribution < -0.4 is 9.46 Å². The molecule has 0 radical (unpaired) electrons. The van der Waals surface area contributed by atoms with Crippen LogP contribution in [0.1, 0.15) is 16.2 Å². The molecule has 158 valence electrons. The summed E-state index contributed by atoms with van der Waals surface area (Å²) in [4.78, 5) is 11.5. The summed E-state index contributed by atoms with van der Waals surface area (Å²) in [5.74, 6) is -3.28. The Morgan fingerprint density at radius 3 is 2.50 bits per heavy atom. The number of hydrogen-bond acceptors (Lipinski definition) is 6. The second-order valence-corrected chi connectivity index (χ2v) is 8.35. The number of carbonyl (C=O) groups excluding carboxylic acids is 1. The van der Waals surface area contributed by atoms with Crippen molar-refractivity contribution in [2.24, 2.45) is 0 Å². The van der Waals surface area contributed by atoms with Crippen molar-refractivity contribution in [2.45, 2.75) is 11.8 Å². The molecule has 3 aromatic rings. The van der Waals surface area contributed by atoms with E-state index in [1.165, 1.54) is 18.7 Å². The molecule has 1 N–H and O–H groups in total. The maximum absolute atomic E-state index is 13.9. The Kier molecular flexibility index (Phi) is 5.97. The zero-order valence-corrected chi connectivity index (χ0v) is 17.6. The molecule has 1 amide bonds. The van der Waals surface area contributed by atoms with Crippen LogP contribution in [0, 0.1) is 18.6 Å². The number of amides is 1. The van der Waals surface area contributed by atoms with E-state index in [4.69, 9.17) is 27.9 Å². The van der Waals surface area contributed by atoms with Gasteiger partial charge >= 0.3 is 0 Å². The van der Waals surface area contributed by atoms with Crippen LogP contribution in [0.4, 0.5) is 8.78 Å². The Morgan fingerprint density at radius 2 is 1.83 bits per heavy atom. The first-order valence-corrected chi connectivity index (χ1v) is 10.3. The normalized spacial score (nSPS) is 11.4. The molecule has 1 heterocycles. The van der Waals surface area contributed by atoms with Crippen molar-refractivity contribution in [2.75, 3.05) is 7.11 Å². The van der Waals surface area contributed by atoms with E-state index >= 15 is 0 Å². The van der Waals surface area contributed by atoms with Crippen molar-refractivity contribution in [3.05, 3.63) is 63.4 Å². The van der Waals surface area contributed by atoms with Crippen LogP contribution >= 0.6 is 23.2 Å². The molecule has 0 aliphatic carbocycles. The highest BCUT2D eigenvalue weighted by molar-refractivity contribution is 7.90. The van der Waals surface area contributed by atoms with Gasteiger partial charge in [-0.05, 0) is 25.1 Å². The van der Waals surface area contributed by atoms with Crippen LogP contribution in [0.5, 0.6) is 5.75 Å². The first-order chi connectivity index (χ1) is 14.0. The minimum atomic E-state index is -4.72. The predicted octanol–water partition coefficient (Wildman–Crippen LogP) is 3.29. The first kappa shape index (κ1) is 21.9. The highest BCUT2D eigenvalue weighted by atomic mass is 35.5. The minimum Gasteiger partial charge on any atom is -0.497 e. The van der Waals surface area contributed by atoms with Crippen LogP contribution in [0.3, 0.4) is 0 Å². The fourth-order valence-corrected chi connectivity index (χ4v) is 3.95. The van der Waals surface area contributed by atoms with Crippen molar-refractivity contribution < 1.29 is 26.7 Å². The number of ether oxygens (including phenoxy) is 1. The fourth-order valence-electron chi connectivity index (χ4n) is 2.49. The zero-order chi connectivity index (χ0) is 22.2. The van der Waals surface area contributed by atoms with Gasteiger partial charge in [-0.3, -0.25) is 4.79 Å². The van der Waals surface area contributed by atoms with Crippen LogP contribution in [0.2, 0.25) is 10.0 Å². The van der Waals surface area contributed by atoms with Gasteiger partial charge in [-0.2, -0.15) is 0 Å². The number of nitrogens with one attached hydrogen (secondary N) is 1. The summed E-state index contributed by atoms with van der Waals surface area (Å²) in [6.07, 6.45) is 0. The van der Waals surface area contributed by atoms with Gasteiger partial charge in [0.15, 0.2) is 5.69 Å². The number of rotatable bonds is 5. The maximum Gasteiger partial charge on any atom is 0.287 e. The van der Waals surface area contributed by atoms with Crippen molar-refractivity contribution in [3.8, 4) is 11.4 Å². The summed E-state index contributed by atoms with van der Waals surface area (Å²) < 4.78 is 59.9. The van der Waals surface area contributed by atoms with Crippen LogP contribution in [-0.4, -0.2) is 36.4 Å². The maximum atomic E-state index is 13.9. The molecule has 0 saturated heterocycles. The van der Waals surface area contributed by atoms with Gasteiger partial charge in [-0.1, -0.05) is 28.4 Å². The quantitative estimate of drug-likeness (QED) is 0.566. The van der Waals surface area contributed by atoms with Gasteiger partial charge in [0, 0.05) is 12.1 Å². The zero-order valence-electron chi connectivity index (χ0n) is 15.3. The standard InChI is InChI=1S/C17H12Cl2F2N4O4S/c1-8-16(22-24-25(8)14-5-9(29-2)3-4-10(14)18)17(26)23-30(27,28)15-6-11(19)12(20)7-13(15)21/h3-7H,1-2H3,(H,23,26). The second-order valence-electron chi connectivity index (χ2n) is 5.88. The van der Waals surface area contributed by atoms with Crippen molar-refractivity contribution in [1.82, 2.24) is 19.7 Å². The summed E-state index contributed by atoms with van der Waals surface area (Å²) in [5.41, 5.74) is 0.126. The lowest BCUT2D eigenvalue weighted by Gasteiger charge is -2.09. The van der Waals surface area contributed by atoms with E-state index in [0.29, 0.717) is 23.6 Å².